The van der Waals surface area contributed by atoms with Crippen molar-refractivity contribution in [3.63, 3.8) is 0 Å². The Kier molecular flexibility index (Phi) is 4.72. The van der Waals surface area contributed by atoms with E-state index in [1.54, 1.807) is 0 Å². The summed E-state index contributed by atoms with van der Waals surface area (Å²) >= 11 is 3.58. The van der Waals surface area contributed by atoms with E-state index < -0.39 is 0 Å². The standard InChI is InChI=1S/C16H13BrN.BrH/c17-15-10-14-8-4-5-9-16(14)18(12-15)11-13-6-2-1-3-7-13;/h1-10,12H,11H2;1H/q+1;/p-1. The molecule has 1 aromatic heterocycles. The van der Waals surface area contributed by atoms with Crippen molar-refractivity contribution in [3.8, 4) is 0 Å². The Morgan fingerprint density at radius 2 is 1.58 bits per heavy atom. The van der Waals surface area contributed by atoms with Gasteiger partial charge in [-0.15, -0.1) is 0 Å². The third-order valence-electron chi connectivity index (χ3n) is 3.01. The van der Waals surface area contributed by atoms with Gasteiger partial charge >= 0.3 is 0 Å². The van der Waals surface area contributed by atoms with Crippen LogP contribution in [-0.2, 0) is 6.54 Å². The van der Waals surface area contributed by atoms with Gasteiger partial charge in [-0.1, -0.05) is 42.5 Å². The lowest BCUT2D eigenvalue weighted by atomic mass is 10.2. The van der Waals surface area contributed by atoms with Crippen molar-refractivity contribution < 1.29 is 21.5 Å². The first-order valence-electron chi connectivity index (χ1n) is 5.94. The Hall–Kier alpha value is -1.19. The molecule has 0 aliphatic heterocycles. The number of rotatable bonds is 2. The molecule has 2 aromatic carbocycles. The fraction of sp³-hybridized carbons (Fsp3) is 0.0625. The predicted molar refractivity (Wildman–Crippen MR) is 77.4 cm³/mol. The highest BCUT2D eigenvalue weighted by Crippen LogP contribution is 2.16. The number of fused-ring (bicyclic) bond motifs is 1. The van der Waals surface area contributed by atoms with Crippen molar-refractivity contribution in [2.45, 2.75) is 6.54 Å². The summed E-state index contributed by atoms with van der Waals surface area (Å²) in [6.45, 7) is 0.890. The van der Waals surface area contributed by atoms with Crippen molar-refractivity contribution in [1.29, 1.82) is 0 Å². The zero-order valence-electron chi connectivity index (χ0n) is 10.3. The molecule has 0 bridgehead atoms. The molecule has 3 aromatic rings. The first-order valence-corrected chi connectivity index (χ1v) is 6.74. The third-order valence-corrected chi connectivity index (χ3v) is 3.45. The molecular weight excluding hydrogens is 366 g/mol. The van der Waals surface area contributed by atoms with E-state index in [1.807, 2.05) is 6.07 Å². The second kappa shape index (κ2) is 6.31. The Morgan fingerprint density at radius 1 is 0.895 bits per heavy atom. The molecule has 0 saturated heterocycles. The van der Waals surface area contributed by atoms with Gasteiger partial charge in [0.05, 0.1) is 4.47 Å². The monoisotopic (exact) mass is 377 g/mol. The largest absolute Gasteiger partial charge is 1.00 e. The van der Waals surface area contributed by atoms with E-state index in [9.17, 15) is 0 Å². The van der Waals surface area contributed by atoms with Gasteiger partial charge < -0.3 is 17.0 Å². The number of hydrogen-bond acceptors (Lipinski definition) is 0. The lowest BCUT2D eigenvalue weighted by Gasteiger charge is -2.02. The van der Waals surface area contributed by atoms with Crippen molar-refractivity contribution in [2.24, 2.45) is 0 Å². The molecule has 1 nitrogen and oxygen atoms in total. The van der Waals surface area contributed by atoms with Gasteiger partial charge in [0.25, 0.3) is 0 Å². The van der Waals surface area contributed by atoms with Crippen LogP contribution in [0, 0.1) is 0 Å². The first kappa shape index (κ1) is 14.2. The minimum Gasteiger partial charge on any atom is -1.00 e. The average molecular weight is 379 g/mol. The summed E-state index contributed by atoms with van der Waals surface area (Å²) in [5, 5.41) is 1.25. The van der Waals surface area contributed by atoms with E-state index in [0.717, 1.165) is 11.0 Å². The summed E-state index contributed by atoms with van der Waals surface area (Å²) in [5.41, 5.74) is 2.57. The first-order chi connectivity index (χ1) is 8.83. The van der Waals surface area contributed by atoms with Gasteiger partial charge in [0.2, 0.25) is 5.52 Å². The maximum absolute atomic E-state index is 3.58. The van der Waals surface area contributed by atoms with Crippen LogP contribution in [0.2, 0.25) is 0 Å². The highest BCUT2D eigenvalue weighted by molar-refractivity contribution is 9.10. The van der Waals surface area contributed by atoms with Crippen LogP contribution in [0.3, 0.4) is 0 Å². The lowest BCUT2D eigenvalue weighted by molar-refractivity contribution is -0.662. The quantitative estimate of drug-likeness (QED) is 0.584. The molecule has 0 atom stereocenters. The van der Waals surface area contributed by atoms with Gasteiger partial charge in [0.1, 0.15) is 0 Å². The second-order valence-corrected chi connectivity index (χ2v) is 5.25. The molecular formula is C16H13Br2N. The maximum atomic E-state index is 3.58. The molecule has 96 valence electrons. The summed E-state index contributed by atoms with van der Waals surface area (Å²) in [4.78, 5) is 0. The van der Waals surface area contributed by atoms with Crippen LogP contribution in [0.5, 0.6) is 0 Å². The van der Waals surface area contributed by atoms with E-state index in [4.69, 9.17) is 0 Å². The van der Waals surface area contributed by atoms with Gasteiger partial charge in [-0.25, -0.2) is 0 Å². The fourth-order valence-corrected chi connectivity index (χ4v) is 2.68. The molecule has 0 radical (unpaired) electrons. The van der Waals surface area contributed by atoms with Crippen molar-refractivity contribution >= 4 is 26.8 Å². The molecule has 0 saturated carbocycles. The van der Waals surface area contributed by atoms with E-state index in [1.165, 1.54) is 16.5 Å². The van der Waals surface area contributed by atoms with E-state index >= 15 is 0 Å². The van der Waals surface area contributed by atoms with Crippen LogP contribution in [0.25, 0.3) is 10.9 Å². The van der Waals surface area contributed by atoms with Gasteiger partial charge in [0.15, 0.2) is 12.7 Å². The third kappa shape index (κ3) is 3.23. The molecule has 0 spiro atoms. The van der Waals surface area contributed by atoms with Gasteiger partial charge in [-0.3, -0.25) is 0 Å². The number of nitrogens with zero attached hydrogens (tertiary/aromatic N) is 1. The Balaban J connectivity index is 0.00000133. The van der Waals surface area contributed by atoms with Crippen molar-refractivity contribution in [3.05, 3.63) is 76.9 Å². The van der Waals surface area contributed by atoms with Crippen LogP contribution in [0.4, 0.5) is 0 Å². The van der Waals surface area contributed by atoms with Crippen LogP contribution < -0.4 is 21.5 Å². The molecule has 3 heteroatoms. The molecule has 19 heavy (non-hydrogen) atoms. The minimum atomic E-state index is 0. The average Bonchev–Trinajstić information content (AvgIpc) is 2.40. The van der Waals surface area contributed by atoms with Gasteiger partial charge in [-0.2, -0.15) is 4.57 Å². The normalized spacial score (nSPS) is 10.2. The Bertz CT molecular complexity index is 681. The van der Waals surface area contributed by atoms with Gasteiger partial charge in [-0.05, 0) is 28.1 Å². The summed E-state index contributed by atoms with van der Waals surface area (Å²) in [5.74, 6) is 0. The molecule has 0 aliphatic rings. The zero-order chi connectivity index (χ0) is 12.4. The molecule has 0 unspecified atom stereocenters. The molecule has 0 N–H and O–H groups in total. The highest BCUT2D eigenvalue weighted by Gasteiger charge is 2.10. The van der Waals surface area contributed by atoms with E-state index in [-0.39, 0.29) is 17.0 Å². The molecule has 0 aliphatic carbocycles. The maximum Gasteiger partial charge on any atom is 0.212 e. The highest BCUT2D eigenvalue weighted by atomic mass is 79.9. The molecule has 0 amide bonds. The SMILES string of the molecule is Brc1cc2ccccc2[n+](Cc2ccccc2)c1.[Br-]. The molecule has 3 rings (SSSR count). The Morgan fingerprint density at radius 3 is 2.37 bits per heavy atom. The summed E-state index contributed by atoms with van der Waals surface area (Å²) in [7, 11) is 0. The van der Waals surface area contributed by atoms with Crippen LogP contribution >= 0.6 is 15.9 Å². The van der Waals surface area contributed by atoms with Crippen LogP contribution in [0.1, 0.15) is 5.56 Å². The summed E-state index contributed by atoms with van der Waals surface area (Å²) in [6, 6.07) is 21.1. The number of para-hydroxylation sites is 1. The van der Waals surface area contributed by atoms with Crippen molar-refractivity contribution in [2.75, 3.05) is 0 Å². The van der Waals surface area contributed by atoms with Crippen LogP contribution in [-0.4, -0.2) is 0 Å². The minimum absolute atomic E-state index is 0. The topological polar surface area (TPSA) is 3.88 Å². The lowest BCUT2D eigenvalue weighted by Crippen LogP contribution is -3.00. The summed E-state index contributed by atoms with van der Waals surface area (Å²) < 4.78 is 3.38. The number of pyridine rings is 1. The number of benzene rings is 2. The smallest absolute Gasteiger partial charge is 0.212 e. The van der Waals surface area contributed by atoms with Crippen molar-refractivity contribution in [1.82, 2.24) is 0 Å². The zero-order valence-corrected chi connectivity index (χ0v) is 13.4. The molecule has 0 fully saturated rings. The predicted octanol–water partition coefficient (Wildman–Crippen LogP) is 0.942. The Labute approximate surface area is 131 Å². The number of halogens is 2. The summed E-state index contributed by atoms with van der Waals surface area (Å²) in [6.07, 6.45) is 2.13. The fourth-order valence-electron chi connectivity index (χ4n) is 2.19. The number of hydrogen-bond donors (Lipinski definition) is 0. The second-order valence-electron chi connectivity index (χ2n) is 4.33. The van der Waals surface area contributed by atoms with E-state index in [2.05, 4.69) is 81.3 Å². The molecule has 1 heterocycles. The number of aromatic nitrogens is 1. The van der Waals surface area contributed by atoms with E-state index in [0.29, 0.717) is 0 Å². The van der Waals surface area contributed by atoms with Crippen LogP contribution in [0.15, 0.2) is 71.3 Å². The van der Waals surface area contributed by atoms with Gasteiger partial charge in [0, 0.05) is 17.0 Å².